The van der Waals surface area contributed by atoms with Crippen molar-refractivity contribution >= 4 is 21.8 Å². The molecule has 0 radical (unpaired) electrons. The van der Waals surface area contributed by atoms with Crippen molar-refractivity contribution in [2.75, 3.05) is 0 Å². The fourth-order valence-electron chi connectivity index (χ4n) is 4.86. The Morgan fingerprint density at radius 2 is 1.37 bits per heavy atom. The Labute approximate surface area is 203 Å². The van der Waals surface area contributed by atoms with Crippen LogP contribution in [0.15, 0.2) is 97.1 Å². The lowest BCUT2D eigenvalue weighted by atomic mass is 10.0. The molecule has 4 aromatic carbocycles. The van der Waals surface area contributed by atoms with Crippen LogP contribution in [0, 0.1) is 25.2 Å². The molecule has 0 saturated carbocycles. The minimum Gasteiger partial charge on any atom is -0.308 e. The summed E-state index contributed by atoms with van der Waals surface area (Å²) in [6.45, 7) is 3.96. The second kappa shape index (κ2) is 8.23. The van der Waals surface area contributed by atoms with Gasteiger partial charge in [-0.1, -0.05) is 60.7 Å². The van der Waals surface area contributed by atoms with Gasteiger partial charge in [0.1, 0.15) is 0 Å². The van der Waals surface area contributed by atoms with Crippen LogP contribution in [0.1, 0.15) is 17.0 Å². The molecule has 0 fully saturated rings. The first kappa shape index (κ1) is 20.8. The van der Waals surface area contributed by atoms with Gasteiger partial charge in [-0.05, 0) is 61.4 Å². The van der Waals surface area contributed by atoms with Crippen molar-refractivity contribution in [3.8, 4) is 34.3 Å². The standard InChI is InChI=1S/C31H22N4/c1-20-16-21(2)34-31(33-20)27-14-12-22(19-32)17-29(27)35-28-11-7-6-10-25(28)26-15-13-24(18-30(26)35)23-8-4-3-5-9-23/h3-18H,1-2H3. The van der Waals surface area contributed by atoms with Gasteiger partial charge in [-0.2, -0.15) is 5.26 Å². The normalized spacial score (nSPS) is 11.1. The zero-order valence-corrected chi connectivity index (χ0v) is 19.5. The van der Waals surface area contributed by atoms with Gasteiger partial charge < -0.3 is 4.57 Å². The van der Waals surface area contributed by atoms with Crippen LogP contribution in [0.4, 0.5) is 0 Å². The predicted octanol–water partition coefficient (Wildman–Crippen LogP) is 7.40. The summed E-state index contributed by atoms with van der Waals surface area (Å²) in [5.41, 5.74) is 8.67. The van der Waals surface area contributed by atoms with Crippen LogP contribution in [-0.2, 0) is 0 Å². The summed E-state index contributed by atoms with van der Waals surface area (Å²) in [4.78, 5) is 9.50. The molecule has 0 bridgehead atoms. The molecular formula is C31H22N4. The van der Waals surface area contributed by atoms with Crippen molar-refractivity contribution in [1.29, 1.82) is 5.26 Å². The number of aryl methyl sites for hydroxylation is 2. The maximum atomic E-state index is 9.74. The maximum absolute atomic E-state index is 9.74. The van der Waals surface area contributed by atoms with E-state index in [1.807, 2.05) is 44.2 Å². The number of benzene rings is 4. The third-order valence-electron chi connectivity index (χ3n) is 6.37. The summed E-state index contributed by atoms with van der Waals surface area (Å²) < 4.78 is 2.24. The summed E-state index contributed by atoms with van der Waals surface area (Å²) in [5, 5.41) is 12.1. The smallest absolute Gasteiger partial charge is 0.161 e. The van der Waals surface area contributed by atoms with Gasteiger partial charge in [0.2, 0.25) is 0 Å². The van der Waals surface area contributed by atoms with Gasteiger partial charge in [-0.3, -0.25) is 0 Å². The number of hydrogen-bond acceptors (Lipinski definition) is 3. The first-order valence-corrected chi connectivity index (χ1v) is 11.6. The molecule has 4 nitrogen and oxygen atoms in total. The maximum Gasteiger partial charge on any atom is 0.161 e. The summed E-state index contributed by atoms with van der Waals surface area (Å²) in [6.07, 6.45) is 0. The van der Waals surface area contributed by atoms with E-state index in [9.17, 15) is 5.26 Å². The van der Waals surface area contributed by atoms with Gasteiger partial charge in [0, 0.05) is 27.7 Å². The lowest BCUT2D eigenvalue weighted by Crippen LogP contribution is -2.02. The molecule has 0 N–H and O–H groups in total. The summed E-state index contributed by atoms with van der Waals surface area (Å²) in [7, 11) is 0. The zero-order chi connectivity index (χ0) is 23.9. The predicted molar refractivity (Wildman–Crippen MR) is 141 cm³/mol. The van der Waals surface area contributed by atoms with Crippen molar-refractivity contribution in [2.24, 2.45) is 0 Å². The molecule has 6 rings (SSSR count). The van der Waals surface area contributed by atoms with E-state index in [4.69, 9.17) is 9.97 Å². The van der Waals surface area contributed by atoms with E-state index in [0.29, 0.717) is 11.4 Å². The van der Waals surface area contributed by atoms with Gasteiger partial charge in [0.05, 0.1) is 28.4 Å². The number of fused-ring (bicyclic) bond motifs is 3. The van der Waals surface area contributed by atoms with E-state index in [-0.39, 0.29) is 0 Å². The van der Waals surface area contributed by atoms with Crippen molar-refractivity contribution < 1.29 is 0 Å². The highest BCUT2D eigenvalue weighted by Gasteiger charge is 2.18. The first-order valence-electron chi connectivity index (χ1n) is 11.6. The highest BCUT2D eigenvalue weighted by molar-refractivity contribution is 6.10. The molecule has 0 unspecified atom stereocenters. The topological polar surface area (TPSA) is 54.5 Å². The third kappa shape index (κ3) is 3.55. The van der Waals surface area contributed by atoms with Crippen LogP contribution in [0.5, 0.6) is 0 Å². The number of nitrogens with zero attached hydrogens (tertiary/aromatic N) is 4. The molecule has 0 saturated heterocycles. The van der Waals surface area contributed by atoms with Crippen molar-refractivity contribution in [3.05, 3.63) is 114 Å². The highest BCUT2D eigenvalue weighted by atomic mass is 15.0. The minimum absolute atomic E-state index is 0.596. The quantitative estimate of drug-likeness (QED) is 0.282. The molecule has 0 atom stereocenters. The molecule has 35 heavy (non-hydrogen) atoms. The number of aromatic nitrogens is 3. The minimum atomic E-state index is 0.596. The molecule has 2 aromatic heterocycles. The Hall–Kier alpha value is -4.75. The van der Waals surface area contributed by atoms with Gasteiger partial charge in [-0.25, -0.2) is 9.97 Å². The second-order valence-corrected chi connectivity index (χ2v) is 8.77. The van der Waals surface area contributed by atoms with Crippen molar-refractivity contribution in [2.45, 2.75) is 13.8 Å². The van der Waals surface area contributed by atoms with Crippen LogP contribution < -0.4 is 0 Å². The van der Waals surface area contributed by atoms with Crippen LogP contribution in [0.25, 0.3) is 50.0 Å². The van der Waals surface area contributed by atoms with Gasteiger partial charge in [0.25, 0.3) is 0 Å². The third-order valence-corrected chi connectivity index (χ3v) is 6.37. The molecule has 0 aliphatic carbocycles. The van der Waals surface area contributed by atoms with Crippen molar-refractivity contribution in [3.63, 3.8) is 0 Å². The lowest BCUT2D eigenvalue weighted by Gasteiger charge is -2.14. The molecular weight excluding hydrogens is 428 g/mol. The number of nitriles is 1. The molecule has 0 aliphatic rings. The molecule has 0 spiro atoms. The van der Waals surface area contributed by atoms with E-state index in [0.717, 1.165) is 55.6 Å². The molecule has 4 heteroatoms. The van der Waals surface area contributed by atoms with E-state index in [2.05, 4.69) is 77.4 Å². The number of rotatable bonds is 3. The summed E-state index contributed by atoms with van der Waals surface area (Å²) >= 11 is 0. The fourth-order valence-corrected chi connectivity index (χ4v) is 4.86. The molecule has 2 heterocycles. The SMILES string of the molecule is Cc1cc(C)nc(-c2ccc(C#N)cc2-n2c3ccccc3c3ccc(-c4ccccc4)cc32)n1. The second-order valence-electron chi connectivity index (χ2n) is 8.77. The van der Waals surface area contributed by atoms with Crippen LogP contribution in [0.2, 0.25) is 0 Å². The van der Waals surface area contributed by atoms with Crippen LogP contribution in [-0.4, -0.2) is 14.5 Å². The van der Waals surface area contributed by atoms with Gasteiger partial charge >= 0.3 is 0 Å². The largest absolute Gasteiger partial charge is 0.308 e. The zero-order valence-electron chi connectivity index (χ0n) is 19.5. The fraction of sp³-hybridized carbons (Fsp3) is 0.0645. The Bertz CT molecular complexity index is 1750. The van der Waals surface area contributed by atoms with Crippen molar-refractivity contribution in [1.82, 2.24) is 14.5 Å². The van der Waals surface area contributed by atoms with Crippen LogP contribution in [0.3, 0.4) is 0 Å². The Morgan fingerprint density at radius 1 is 0.657 bits per heavy atom. The number of para-hydroxylation sites is 1. The summed E-state index contributed by atoms with van der Waals surface area (Å²) in [6, 6.07) is 35.4. The molecule has 166 valence electrons. The Kier molecular flexibility index (Phi) is 4.90. The van der Waals surface area contributed by atoms with E-state index in [1.54, 1.807) is 0 Å². The van der Waals surface area contributed by atoms with E-state index < -0.39 is 0 Å². The van der Waals surface area contributed by atoms with Gasteiger partial charge in [-0.15, -0.1) is 0 Å². The monoisotopic (exact) mass is 450 g/mol. The number of hydrogen-bond donors (Lipinski definition) is 0. The van der Waals surface area contributed by atoms with Crippen LogP contribution >= 0.6 is 0 Å². The Morgan fingerprint density at radius 3 is 2.14 bits per heavy atom. The average Bonchev–Trinajstić information content (AvgIpc) is 3.22. The first-order chi connectivity index (χ1) is 17.1. The highest BCUT2D eigenvalue weighted by Crippen LogP contribution is 2.37. The Balaban J connectivity index is 1.73. The summed E-state index contributed by atoms with van der Waals surface area (Å²) in [5.74, 6) is 0.659. The van der Waals surface area contributed by atoms with E-state index >= 15 is 0 Å². The average molecular weight is 451 g/mol. The van der Waals surface area contributed by atoms with Gasteiger partial charge in [0.15, 0.2) is 5.82 Å². The molecule has 0 aliphatic heterocycles. The molecule has 0 amide bonds. The van der Waals surface area contributed by atoms with E-state index in [1.165, 1.54) is 0 Å². The lowest BCUT2D eigenvalue weighted by molar-refractivity contribution is 1.05. The molecule has 6 aromatic rings.